The first-order valence-electron chi connectivity index (χ1n) is 7.71. The molecule has 1 aliphatic carbocycles. The molecular formula is C20H14BrNO2. The van der Waals surface area contributed by atoms with Crippen LogP contribution in [0, 0.1) is 0 Å². The summed E-state index contributed by atoms with van der Waals surface area (Å²) >= 11 is 3.27. The summed E-state index contributed by atoms with van der Waals surface area (Å²) in [6.07, 6.45) is 1.58. The van der Waals surface area contributed by atoms with Crippen molar-refractivity contribution < 1.29 is 9.53 Å². The van der Waals surface area contributed by atoms with Crippen molar-refractivity contribution in [3.05, 3.63) is 88.2 Å². The number of esters is 1. The lowest BCUT2D eigenvalue weighted by Gasteiger charge is -2.14. The molecule has 0 unspecified atom stereocenters. The van der Waals surface area contributed by atoms with E-state index in [1.54, 1.807) is 18.3 Å². The molecule has 118 valence electrons. The quantitative estimate of drug-likeness (QED) is 0.483. The molecule has 0 radical (unpaired) electrons. The average Bonchev–Trinajstić information content (AvgIpc) is 2.94. The first-order valence-corrected chi connectivity index (χ1v) is 8.50. The van der Waals surface area contributed by atoms with Crippen LogP contribution in [0.3, 0.4) is 0 Å². The van der Waals surface area contributed by atoms with Crippen LogP contribution in [0.2, 0.25) is 0 Å². The van der Waals surface area contributed by atoms with Gasteiger partial charge in [0.25, 0.3) is 0 Å². The number of hydrogen-bond acceptors (Lipinski definition) is 3. The predicted octanol–water partition coefficient (Wildman–Crippen LogP) is 4.81. The highest BCUT2D eigenvalue weighted by atomic mass is 79.9. The zero-order valence-corrected chi connectivity index (χ0v) is 14.4. The van der Waals surface area contributed by atoms with E-state index in [0.29, 0.717) is 16.8 Å². The summed E-state index contributed by atoms with van der Waals surface area (Å²) < 4.78 is 6.21. The van der Waals surface area contributed by atoms with Gasteiger partial charge in [-0.2, -0.15) is 0 Å². The monoisotopic (exact) mass is 379 g/mol. The number of fused-ring (bicyclic) bond motifs is 3. The molecule has 4 heteroatoms. The van der Waals surface area contributed by atoms with E-state index in [9.17, 15) is 4.79 Å². The lowest BCUT2D eigenvalue weighted by atomic mass is 9.98. The highest BCUT2D eigenvalue weighted by molar-refractivity contribution is 9.10. The van der Waals surface area contributed by atoms with Gasteiger partial charge >= 0.3 is 5.97 Å². The number of aromatic nitrogens is 1. The van der Waals surface area contributed by atoms with Crippen molar-refractivity contribution in [3.63, 3.8) is 0 Å². The van der Waals surface area contributed by atoms with Crippen LogP contribution in [-0.4, -0.2) is 17.6 Å². The van der Waals surface area contributed by atoms with Crippen LogP contribution in [0.25, 0.3) is 11.1 Å². The third-order valence-electron chi connectivity index (χ3n) is 4.31. The van der Waals surface area contributed by atoms with Crippen LogP contribution < -0.4 is 0 Å². The maximum Gasteiger partial charge on any atom is 0.338 e. The summed E-state index contributed by atoms with van der Waals surface area (Å²) in [5, 5.41) is 0. The summed E-state index contributed by atoms with van der Waals surface area (Å²) in [5.41, 5.74) is 5.36. The summed E-state index contributed by atoms with van der Waals surface area (Å²) in [4.78, 5) is 16.3. The molecule has 0 amide bonds. The van der Waals surface area contributed by atoms with Crippen molar-refractivity contribution in [2.45, 2.75) is 5.92 Å². The molecular weight excluding hydrogens is 366 g/mol. The minimum absolute atomic E-state index is 0.0756. The molecule has 1 aromatic heterocycles. The number of ether oxygens (including phenoxy) is 1. The molecule has 0 saturated carbocycles. The van der Waals surface area contributed by atoms with Gasteiger partial charge < -0.3 is 4.74 Å². The van der Waals surface area contributed by atoms with Crippen LogP contribution in [0.1, 0.15) is 27.4 Å². The summed E-state index contributed by atoms with van der Waals surface area (Å²) in [5.74, 6) is -0.258. The first kappa shape index (κ1) is 15.1. The van der Waals surface area contributed by atoms with Gasteiger partial charge in [-0.3, -0.25) is 0 Å². The van der Waals surface area contributed by atoms with Crippen molar-refractivity contribution in [1.29, 1.82) is 0 Å². The number of hydrogen-bond donors (Lipinski definition) is 0. The zero-order chi connectivity index (χ0) is 16.5. The molecule has 0 saturated heterocycles. The largest absolute Gasteiger partial charge is 0.461 e. The van der Waals surface area contributed by atoms with E-state index >= 15 is 0 Å². The first-order chi connectivity index (χ1) is 11.7. The Bertz CT molecular complexity index is 877. The third kappa shape index (κ3) is 2.63. The lowest BCUT2D eigenvalue weighted by Crippen LogP contribution is -2.12. The molecule has 0 aliphatic heterocycles. The van der Waals surface area contributed by atoms with Crippen molar-refractivity contribution in [2.24, 2.45) is 0 Å². The van der Waals surface area contributed by atoms with Crippen molar-refractivity contribution in [3.8, 4) is 11.1 Å². The minimum atomic E-state index is -0.333. The number of carbonyl (C=O) groups is 1. The van der Waals surface area contributed by atoms with Gasteiger partial charge in [-0.1, -0.05) is 48.5 Å². The van der Waals surface area contributed by atoms with Gasteiger partial charge in [-0.05, 0) is 50.3 Å². The number of pyridine rings is 1. The van der Waals surface area contributed by atoms with E-state index < -0.39 is 0 Å². The van der Waals surface area contributed by atoms with Crippen molar-refractivity contribution >= 4 is 21.9 Å². The highest BCUT2D eigenvalue weighted by Gasteiger charge is 2.29. The lowest BCUT2D eigenvalue weighted by molar-refractivity contribution is 0.0493. The molecule has 4 rings (SSSR count). The zero-order valence-electron chi connectivity index (χ0n) is 12.8. The number of halogens is 1. The third-order valence-corrected chi connectivity index (χ3v) is 4.74. The molecule has 1 aliphatic rings. The van der Waals surface area contributed by atoms with Crippen molar-refractivity contribution in [1.82, 2.24) is 4.98 Å². The van der Waals surface area contributed by atoms with Crippen LogP contribution in [0.4, 0.5) is 0 Å². The Morgan fingerprint density at radius 1 is 1.00 bits per heavy atom. The number of benzene rings is 2. The standard InChI is InChI=1S/C20H14BrNO2/c21-19-11-13(9-10-22-19)20(23)24-12-18-16-7-3-1-5-14(16)15-6-2-4-8-17(15)18/h1-11,18H,12H2. The Morgan fingerprint density at radius 2 is 1.62 bits per heavy atom. The van der Waals surface area contributed by atoms with E-state index in [1.807, 2.05) is 24.3 Å². The van der Waals surface area contributed by atoms with E-state index in [4.69, 9.17) is 4.74 Å². The molecule has 1 heterocycles. The van der Waals surface area contributed by atoms with Crippen LogP contribution in [-0.2, 0) is 4.74 Å². The second-order valence-electron chi connectivity index (χ2n) is 5.69. The smallest absolute Gasteiger partial charge is 0.338 e. The Balaban J connectivity index is 1.60. The van der Waals surface area contributed by atoms with E-state index in [-0.39, 0.29) is 11.9 Å². The second-order valence-corrected chi connectivity index (χ2v) is 6.51. The summed E-state index contributed by atoms with van der Waals surface area (Å²) in [7, 11) is 0. The Kier molecular flexibility index (Phi) is 3.90. The normalized spacial score (nSPS) is 12.5. The SMILES string of the molecule is O=C(OCC1c2ccccc2-c2ccccc21)c1ccnc(Br)c1. The van der Waals surface area contributed by atoms with Crippen LogP contribution >= 0.6 is 15.9 Å². The van der Waals surface area contributed by atoms with Gasteiger partial charge in [-0.15, -0.1) is 0 Å². The fourth-order valence-electron chi connectivity index (χ4n) is 3.21. The number of carbonyl (C=O) groups excluding carboxylic acids is 1. The Labute approximate surface area is 148 Å². The van der Waals surface area contributed by atoms with Gasteiger partial charge in [0.1, 0.15) is 11.2 Å². The fraction of sp³-hybridized carbons (Fsp3) is 0.100. The minimum Gasteiger partial charge on any atom is -0.461 e. The molecule has 0 bridgehead atoms. The van der Waals surface area contributed by atoms with E-state index in [2.05, 4.69) is 45.2 Å². The average molecular weight is 380 g/mol. The number of rotatable bonds is 3. The molecule has 0 N–H and O–H groups in total. The molecule has 24 heavy (non-hydrogen) atoms. The topological polar surface area (TPSA) is 39.2 Å². The van der Waals surface area contributed by atoms with Gasteiger partial charge in [-0.25, -0.2) is 9.78 Å². The summed E-state index contributed by atoms with van der Waals surface area (Å²) in [6.45, 7) is 0.326. The molecule has 3 nitrogen and oxygen atoms in total. The van der Waals surface area contributed by atoms with E-state index in [1.165, 1.54) is 22.3 Å². The fourth-order valence-corrected chi connectivity index (χ4v) is 3.58. The molecule has 3 aromatic rings. The molecule has 2 aromatic carbocycles. The Morgan fingerprint density at radius 3 is 2.25 bits per heavy atom. The van der Waals surface area contributed by atoms with Gasteiger partial charge in [0, 0.05) is 12.1 Å². The highest BCUT2D eigenvalue weighted by Crippen LogP contribution is 2.44. The Hall–Kier alpha value is -2.46. The van der Waals surface area contributed by atoms with Crippen LogP contribution in [0.5, 0.6) is 0 Å². The molecule has 0 fully saturated rings. The maximum atomic E-state index is 12.3. The van der Waals surface area contributed by atoms with Crippen molar-refractivity contribution in [2.75, 3.05) is 6.61 Å². The number of nitrogens with zero attached hydrogens (tertiary/aromatic N) is 1. The second kappa shape index (κ2) is 6.21. The van der Waals surface area contributed by atoms with Gasteiger partial charge in [0.15, 0.2) is 0 Å². The van der Waals surface area contributed by atoms with E-state index in [0.717, 1.165) is 0 Å². The summed E-state index contributed by atoms with van der Waals surface area (Å²) in [6, 6.07) is 19.9. The predicted molar refractivity (Wildman–Crippen MR) is 95.9 cm³/mol. The molecule has 0 atom stereocenters. The van der Waals surface area contributed by atoms with Crippen LogP contribution in [0.15, 0.2) is 71.5 Å². The van der Waals surface area contributed by atoms with Gasteiger partial charge in [0.05, 0.1) is 5.56 Å². The van der Waals surface area contributed by atoms with Gasteiger partial charge in [0.2, 0.25) is 0 Å². The maximum absolute atomic E-state index is 12.3. The molecule has 0 spiro atoms.